The van der Waals surface area contributed by atoms with Gasteiger partial charge in [-0.3, -0.25) is 0 Å². The van der Waals surface area contributed by atoms with Gasteiger partial charge in [-0.2, -0.15) is 22.0 Å². The molecule has 0 aliphatic carbocycles. The average molecular weight is 330 g/mol. The molecule has 0 aromatic heterocycles. The Hall–Kier alpha value is -0.363. The highest BCUT2D eigenvalue weighted by molar-refractivity contribution is 6.60. The summed E-state index contributed by atoms with van der Waals surface area (Å²) in [7, 11) is 0.844. The van der Waals surface area contributed by atoms with Gasteiger partial charge < -0.3 is 18.0 Å². The normalized spacial score (nSPS) is 15.4. The van der Waals surface area contributed by atoms with E-state index >= 15 is 0 Å². The molecule has 0 rings (SSSR count). The Kier molecular flexibility index (Phi) is 7.45. The SMILES string of the molecule is CO[Si](CCCOC(F)(F)C(F)C(F)(F)F)(OC)OC. The third-order valence-electron chi connectivity index (χ3n) is 2.44. The van der Waals surface area contributed by atoms with Crippen molar-refractivity contribution in [3.05, 3.63) is 0 Å². The molecule has 0 aliphatic rings. The molecule has 0 aliphatic heterocycles. The van der Waals surface area contributed by atoms with Crippen LogP contribution in [0.5, 0.6) is 0 Å². The molecule has 0 N–H and O–H groups in total. The summed E-state index contributed by atoms with van der Waals surface area (Å²) in [6, 6.07) is 0.0373. The first-order valence-electron chi connectivity index (χ1n) is 5.42. The topological polar surface area (TPSA) is 36.9 Å². The molecule has 0 aromatic carbocycles. The minimum Gasteiger partial charge on any atom is -0.377 e. The molecule has 11 heteroatoms. The Bertz CT molecular complexity index is 276. The van der Waals surface area contributed by atoms with Crippen molar-refractivity contribution in [3.8, 4) is 0 Å². The Balaban J connectivity index is 4.30. The van der Waals surface area contributed by atoms with Gasteiger partial charge in [-0.05, 0) is 6.42 Å². The number of alkyl halides is 6. The van der Waals surface area contributed by atoms with Gasteiger partial charge in [0.25, 0.3) is 6.17 Å². The molecule has 0 saturated carbocycles. The van der Waals surface area contributed by atoms with Gasteiger partial charge in [0.2, 0.25) is 0 Å². The molecule has 4 nitrogen and oxygen atoms in total. The summed E-state index contributed by atoms with van der Waals surface area (Å²) in [5.41, 5.74) is 0. The van der Waals surface area contributed by atoms with Crippen LogP contribution in [0.1, 0.15) is 6.42 Å². The van der Waals surface area contributed by atoms with E-state index in [0.29, 0.717) is 0 Å². The zero-order valence-electron chi connectivity index (χ0n) is 11.1. The van der Waals surface area contributed by atoms with Gasteiger partial charge in [-0.25, -0.2) is 4.39 Å². The lowest BCUT2D eigenvalue weighted by molar-refractivity contribution is -0.335. The molecule has 1 atom stereocenters. The summed E-state index contributed by atoms with van der Waals surface area (Å²) in [6.07, 6.45) is -15.1. The maximum atomic E-state index is 12.8. The van der Waals surface area contributed by atoms with Crippen LogP contribution in [0.2, 0.25) is 6.04 Å². The summed E-state index contributed by atoms with van der Waals surface area (Å²) < 4.78 is 92.1. The minimum atomic E-state index is -5.69. The molecule has 20 heavy (non-hydrogen) atoms. The van der Waals surface area contributed by atoms with Crippen molar-refractivity contribution < 1.29 is 44.4 Å². The number of hydrogen-bond donors (Lipinski definition) is 0. The van der Waals surface area contributed by atoms with Crippen molar-refractivity contribution in [2.75, 3.05) is 27.9 Å². The van der Waals surface area contributed by atoms with Crippen molar-refractivity contribution >= 4 is 8.80 Å². The largest absolute Gasteiger partial charge is 0.500 e. The van der Waals surface area contributed by atoms with Crippen LogP contribution in [0.4, 0.5) is 26.3 Å². The Labute approximate surface area is 113 Å². The van der Waals surface area contributed by atoms with Crippen molar-refractivity contribution in [2.45, 2.75) is 30.9 Å². The second kappa shape index (κ2) is 7.59. The maximum absolute atomic E-state index is 12.8. The highest BCUT2D eigenvalue weighted by Crippen LogP contribution is 2.35. The van der Waals surface area contributed by atoms with Crippen LogP contribution in [0.3, 0.4) is 0 Å². The van der Waals surface area contributed by atoms with Gasteiger partial charge in [0.1, 0.15) is 0 Å². The fraction of sp³-hybridized carbons (Fsp3) is 1.00. The molecule has 122 valence electrons. The molecule has 0 amide bonds. The van der Waals surface area contributed by atoms with Crippen molar-refractivity contribution in [1.29, 1.82) is 0 Å². The van der Waals surface area contributed by atoms with Gasteiger partial charge in [0.05, 0.1) is 6.61 Å². The monoisotopic (exact) mass is 330 g/mol. The van der Waals surface area contributed by atoms with E-state index in [0.717, 1.165) is 0 Å². The average Bonchev–Trinajstić information content (AvgIpc) is 2.38. The van der Waals surface area contributed by atoms with Gasteiger partial charge in [0, 0.05) is 27.4 Å². The Morgan fingerprint density at radius 3 is 1.75 bits per heavy atom. The molecule has 0 aromatic rings. The van der Waals surface area contributed by atoms with E-state index < -0.39 is 33.9 Å². The van der Waals surface area contributed by atoms with Gasteiger partial charge in [0.15, 0.2) is 0 Å². The van der Waals surface area contributed by atoms with Crippen molar-refractivity contribution in [3.63, 3.8) is 0 Å². The van der Waals surface area contributed by atoms with E-state index in [-0.39, 0.29) is 12.5 Å². The first-order valence-corrected chi connectivity index (χ1v) is 7.36. The Morgan fingerprint density at radius 2 is 1.40 bits per heavy atom. The third-order valence-corrected chi connectivity index (χ3v) is 5.27. The summed E-state index contributed by atoms with van der Waals surface area (Å²) in [5, 5.41) is 0. The Morgan fingerprint density at radius 1 is 0.950 bits per heavy atom. The summed E-state index contributed by atoms with van der Waals surface area (Å²) in [4.78, 5) is 0. The predicted octanol–water partition coefficient (Wildman–Crippen LogP) is 2.76. The minimum absolute atomic E-state index is 0.0373. The first kappa shape index (κ1) is 19.6. The molecule has 0 saturated heterocycles. The van der Waals surface area contributed by atoms with Crippen molar-refractivity contribution in [1.82, 2.24) is 0 Å². The summed E-state index contributed by atoms with van der Waals surface area (Å²) in [5.74, 6) is 0. The highest BCUT2D eigenvalue weighted by atomic mass is 28.4. The smallest absolute Gasteiger partial charge is 0.377 e. The lowest BCUT2D eigenvalue weighted by Crippen LogP contribution is -2.45. The molecule has 0 spiro atoms. The van der Waals surface area contributed by atoms with Gasteiger partial charge in [-0.1, -0.05) is 0 Å². The van der Waals surface area contributed by atoms with Crippen LogP contribution >= 0.6 is 0 Å². The third kappa shape index (κ3) is 5.56. The first-order chi connectivity index (χ1) is 9.04. The molecule has 0 bridgehead atoms. The molecular formula is C9H16F6O4Si. The van der Waals surface area contributed by atoms with Crippen LogP contribution < -0.4 is 0 Å². The van der Waals surface area contributed by atoms with Crippen LogP contribution in [-0.2, 0) is 18.0 Å². The number of hydrogen-bond acceptors (Lipinski definition) is 4. The van der Waals surface area contributed by atoms with Gasteiger partial charge in [-0.15, -0.1) is 0 Å². The van der Waals surface area contributed by atoms with E-state index in [1.807, 2.05) is 0 Å². The van der Waals surface area contributed by atoms with E-state index in [4.69, 9.17) is 13.3 Å². The quantitative estimate of drug-likeness (QED) is 0.370. The van der Waals surface area contributed by atoms with Gasteiger partial charge >= 0.3 is 21.1 Å². The zero-order valence-corrected chi connectivity index (χ0v) is 12.1. The second-order valence-electron chi connectivity index (χ2n) is 3.71. The van der Waals surface area contributed by atoms with E-state index in [1.54, 1.807) is 0 Å². The molecule has 1 unspecified atom stereocenters. The number of rotatable bonds is 9. The summed E-state index contributed by atoms with van der Waals surface area (Å²) in [6.45, 7) is -0.797. The standard InChI is InChI=1S/C9H16F6O4Si/c1-16-20(17-2,18-3)6-4-5-19-9(14,15)7(10)8(11,12)13/h7H,4-6H2,1-3H3. The second-order valence-corrected chi connectivity index (χ2v) is 6.80. The fourth-order valence-corrected chi connectivity index (χ4v) is 3.01. The predicted molar refractivity (Wildman–Crippen MR) is 58.1 cm³/mol. The maximum Gasteiger partial charge on any atom is 0.500 e. The molecular weight excluding hydrogens is 314 g/mol. The fourth-order valence-electron chi connectivity index (χ4n) is 1.32. The summed E-state index contributed by atoms with van der Waals surface area (Å²) >= 11 is 0. The van der Waals surface area contributed by atoms with E-state index in [2.05, 4.69) is 4.74 Å². The number of halogens is 6. The zero-order chi connectivity index (χ0) is 16.0. The van der Waals surface area contributed by atoms with Crippen LogP contribution in [0, 0.1) is 0 Å². The highest BCUT2D eigenvalue weighted by Gasteiger charge is 2.58. The lowest BCUT2D eigenvalue weighted by atomic mass is 10.3. The van der Waals surface area contributed by atoms with Crippen LogP contribution in [-0.4, -0.2) is 55.2 Å². The molecule has 0 radical (unpaired) electrons. The van der Waals surface area contributed by atoms with Crippen molar-refractivity contribution in [2.24, 2.45) is 0 Å². The lowest BCUT2D eigenvalue weighted by Gasteiger charge is -2.25. The van der Waals surface area contributed by atoms with Crippen LogP contribution in [0.25, 0.3) is 0 Å². The van der Waals surface area contributed by atoms with E-state index in [9.17, 15) is 26.3 Å². The molecule has 0 fully saturated rings. The number of ether oxygens (including phenoxy) is 1. The molecule has 0 heterocycles. The van der Waals surface area contributed by atoms with Crippen LogP contribution in [0.15, 0.2) is 0 Å². The van der Waals surface area contributed by atoms with E-state index in [1.165, 1.54) is 21.3 Å².